The molecule has 0 aliphatic rings. The Bertz CT molecular complexity index is 919. The number of nitrogens with zero attached hydrogens (tertiary/aromatic N) is 1. The summed E-state index contributed by atoms with van der Waals surface area (Å²) in [5, 5.41) is 5.47. The second-order valence-electron chi connectivity index (χ2n) is 6.24. The monoisotopic (exact) mass is 495 g/mol. The Morgan fingerprint density at radius 3 is 2.47 bits per heavy atom. The number of hydrogen-bond acceptors (Lipinski definition) is 4. The van der Waals surface area contributed by atoms with E-state index in [-0.39, 0.29) is 30.0 Å². The SMILES string of the molecule is CCN(CC)C(=O)COc1ccc(NC(=O)CNC(=O)c2cccc(Br)c2)cc1Cl. The number of anilines is 1. The summed E-state index contributed by atoms with van der Waals surface area (Å²) < 4.78 is 6.26. The Morgan fingerprint density at radius 2 is 1.83 bits per heavy atom. The zero-order valence-electron chi connectivity index (χ0n) is 16.7. The molecule has 0 saturated heterocycles. The van der Waals surface area contributed by atoms with Gasteiger partial charge in [-0.2, -0.15) is 0 Å². The molecule has 0 aliphatic carbocycles. The highest BCUT2D eigenvalue weighted by molar-refractivity contribution is 9.10. The Balaban J connectivity index is 1.86. The lowest BCUT2D eigenvalue weighted by atomic mass is 10.2. The third kappa shape index (κ3) is 7.03. The van der Waals surface area contributed by atoms with E-state index in [0.29, 0.717) is 30.1 Å². The van der Waals surface area contributed by atoms with E-state index >= 15 is 0 Å². The van der Waals surface area contributed by atoms with Gasteiger partial charge in [0.1, 0.15) is 5.75 Å². The largest absolute Gasteiger partial charge is 0.482 e. The average molecular weight is 497 g/mol. The van der Waals surface area contributed by atoms with Gasteiger partial charge in [-0.25, -0.2) is 0 Å². The van der Waals surface area contributed by atoms with Crippen LogP contribution in [0.2, 0.25) is 5.02 Å². The second kappa shape index (κ2) is 11.6. The van der Waals surface area contributed by atoms with Crippen LogP contribution >= 0.6 is 27.5 Å². The minimum absolute atomic E-state index is 0.116. The van der Waals surface area contributed by atoms with E-state index < -0.39 is 5.91 Å². The molecule has 0 bridgehead atoms. The number of nitrogens with one attached hydrogen (secondary N) is 2. The summed E-state index contributed by atoms with van der Waals surface area (Å²) in [6, 6.07) is 11.6. The first-order valence-electron chi connectivity index (χ1n) is 9.37. The average Bonchev–Trinajstić information content (AvgIpc) is 2.72. The van der Waals surface area contributed by atoms with Crippen LogP contribution in [0.4, 0.5) is 5.69 Å². The molecule has 160 valence electrons. The van der Waals surface area contributed by atoms with E-state index in [1.807, 2.05) is 13.8 Å². The standard InChI is InChI=1S/C21H23BrClN3O4/c1-3-26(4-2)20(28)13-30-18-9-8-16(11-17(18)23)25-19(27)12-24-21(29)14-6-5-7-15(22)10-14/h5-11H,3-4,12-13H2,1-2H3,(H,24,29)(H,25,27). The zero-order valence-corrected chi connectivity index (χ0v) is 19.0. The third-order valence-electron chi connectivity index (χ3n) is 4.18. The van der Waals surface area contributed by atoms with Gasteiger partial charge in [-0.3, -0.25) is 14.4 Å². The van der Waals surface area contributed by atoms with Gasteiger partial charge in [0.25, 0.3) is 11.8 Å². The summed E-state index contributed by atoms with van der Waals surface area (Å²) in [7, 11) is 0. The number of likely N-dealkylation sites (N-methyl/N-ethyl adjacent to an activating group) is 1. The third-order valence-corrected chi connectivity index (χ3v) is 4.97. The molecule has 0 fully saturated rings. The fourth-order valence-corrected chi connectivity index (χ4v) is 3.23. The summed E-state index contributed by atoms with van der Waals surface area (Å²) in [4.78, 5) is 37.9. The Hall–Kier alpha value is -2.58. The van der Waals surface area contributed by atoms with Crippen molar-refractivity contribution in [3.8, 4) is 5.75 Å². The van der Waals surface area contributed by atoms with Crippen molar-refractivity contribution in [2.24, 2.45) is 0 Å². The van der Waals surface area contributed by atoms with E-state index in [1.54, 1.807) is 41.3 Å². The van der Waals surface area contributed by atoms with Gasteiger partial charge in [0.05, 0.1) is 11.6 Å². The summed E-state index contributed by atoms with van der Waals surface area (Å²) in [5.74, 6) is -0.543. The molecule has 2 aromatic carbocycles. The van der Waals surface area contributed by atoms with Gasteiger partial charge < -0.3 is 20.3 Å². The molecule has 30 heavy (non-hydrogen) atoms. The maximum absolute atomic E-state index is 12.1. The smallest absolute Gasteiger partial charge is 0.260 e. The predicted octanol–water partition coefficient (Wildman–Crippen LogP) is 3.72. The maximum atomic E-state index is 12.1. The number of halogens is 2. The Morgan fingerprint density at radius 1 is 1.10 bits per heavy atom. The first kappa shape index (κ1) is 23.7. The van der Waals surface area contributed by atoms with Crippen LogP contribution in [0.5, 0.6) is 5.75 Å². The fraction of sp³-hybridized carbons (Fsp3) is 0.286. The van der Waals surface area contributed by atoms with Crippen LogP contribution in [0.25, 0.3) is 0 Å². The number of benzene rings is 2. The van der Waals surface area contributed by atoms with Crippen molar-refractivity contribution in [2.75, 3.05) is 31.6 Å². The zero-order chi connectivity index (χ0) is 22.1. The molecule has 0 radical (unpaired) electrons. The van der Waals surface area contributed by atoms with Crippen molar-refractivity contribution in [3.05, 3.63) is 57.5 Å². The van der Waals surface area contributed by atoms with Crippen molar-refractivity contribution >= 4 is 50.9 Å². The van der Waals surface area contributed by atoms with Crippen LogP contribution in [0.1, 0.15) is 24.2 Å². The van der Waals surface area contributed by atoms with E-state index in [9.17, 15) is 14.4 Å². The first-order chi connectivity index (χ1) is 14.3. The highest BCUT2D eigenvalue weighted by atomic mass is 79.9. The molecular weight excluding hydrogens is 474 g/mol. The number of carbonyl (C=O) groups is 3. The molecule has 0 heterocycles. The molecular formula is C21H23BrClN3O4. The van der Waals surface area contributed by atoms with Crippen molar-refractivity contribution in [1.29, 1.82) is 0 Å². The van der Waals surface area contributed by atoms with E-state index in [4.69, 9.17) is 16.3 Å². The lowest BCUT2D eigenvalue weighted by molar-refractivity contribution is -0.133. The maximum Gasteiger partial charge on any atom is 0.260 e. The number of amides is 3. The summed E-state index contributed by atoms with van der Waals surface area (Å²) in [6.07, 6.45) is 0. The fourth-order valence-electron chi connectivity index (χ4n) is 2.60. The molecule has 2 N–H and O–H groups in total. The molecule has 0 atom stereocenters. The Labute approximate surface area is 188 Å². The molecule has 3 amide bonds. The van der Waals surface area contributed by atoms with Gasteiger partial charge in [0, 0.05) is 28.8 Å². The van der Waals surface area contributed by atoms with Crippen LogP contribution in [0.15, 0.2) is 46.9 Å². The molecule has 2 aromatic rings. The minimum Gasteiger partial charge on any atom is -0.482 e. The molecule has 0 aromatic heterocycles. The molecule has 2 rings (SSSR count). The van der Waals surface area contributed by atoms with Crippen molar-refractivity contribution in [3.63, 3.8) is 0 Å². The lowest BCUT2D eigenvalue weighted by Crippen LogP contribution is -2.34. The first-order valence-corrected chi connectivity index (χ1v) is 10.5. The number of carbonyl (C=O) groups excluding carboxylic acids is 3. The van der Waals surface area contributed by atoms with Gasteiger partial charge in [0.2, 0.25) is 5.91 Å². The number of rotatable bonds is 9. The summed E-state index contributed by atoms with van der Waals surface area (Å²) in [5.41, 5.74) is 0.894. The van der Waals surface area contributed by atoms with Crippen LogP contribution < -0.4 is 15.4 Å². The van der Waals surface area contributed by atoms with Crippen molar-refractivity contribution in [2.45, 2.75) is 13.8 Å². The quantitative estimate of drug-likeness (QED) is 0.554. The van der Waals surface area contributed by atoms with Crippen LogP contribution in [0.3, 0.4) is 0 Å². The number of ether oxygens (including phenoxy) is 1. The minimum atomic E-state index is -0.403. The van der Waals surface area contributed by atoms with Gasteiger partial charge in [0.15, 0.2) is 6.61 Å². The van der Waals surface area contributed by atoms with Gasteiger partial charge in [-0.15, -0.1) is 0 Å². The van der Waals surface area contributed by atoms with E-state index in [1.165, 1.54) is 6.07 Å². The number of hydrogen-bond donors (Lipinski definition) is 2. The highest BCUT2D eigenvalue weighted by Crippen LogP contribution is 2.27. The molecule has 9 heteroatoms. The molecule has 7 nitrogen and oxygen atoms in total. The van der Waals surface area contributed by atoms with Crippen molar-refractivity contribution in [1.82, 2.24) is 10.2 Å². The highest BCUT2D eigenvalue weighted by Gasteiger charge is 2.13. The van der Waals surface area contributed by atoms with Gasteiger partial charge in [-0.1, -0.05) is 33.6 Å². The van der Waals surface area contributed by atoms with E-state index in [2.05, 4.69) is 26.6 Å². The van der Waals surface area contributed by atoms with Crippen molar-refractivity contribution < 1.29 is 19.1 Å². The van der Waals surface area contributed by atoms with Crippen LogP contribution in [0, 0.1) is 0 Å². The molecule has 0 saturated carbocycles. The molecule has 0 unspecified atom stereocenters. The van der Waals surface area contributed by atoms with Crippen LogP contribution in [-0.4, -0.2) is 48.9 Å². The Kier molecular flexibility index (Phi) is 9.14. The second-order valence-corrected chi connectivity index (χ2v) is 7.56. The predicted molar refractivity (Wildman–Crippen MR) is 120 cm³/mol. The molecule has 0 spiro atoms. The van der Waals surface area contributed by atoms with Gasteiger partial charge >= 0.3 is 0 Å². The molecule has 0 aliphatic heterocycles. The lowest BCUT2D eigenvalue weighted by Gasteiger charge is -2.19. The topological polar surface area (TPSA) is 87.7 Å². The summed E-state index contributed by atoms with van der Waals surface area (Å²) in [6.45, 7) is 4.69. The van der Waals surface area contributed by atoms with E-state index in [0.717, 1.165) is 4.47 Å². The van der Waals surface area contributed by atoms with Crippen LogP contribution in [-0.2, 0) is 9.59 Å². The summed E-state index contributed by atoms with van der Waals surface area (Å²) >= 11 is 9.49. The van der Waals surface area contributed by atoms with Gasteiger partial charge in [-0.05, 0) is 50.2 Å². The normalized spacial score (nSPS) is 10.3.